The van der Waals surface area contributed by atoms with Crippen LogP contribution in [0, 0.1) is 11.3 Å². The first-order valence-corrected chi connectivity index (χ1v) is 9.27. The van der Waals surface area contributed by atoms with E-state index in [2.05, 4.69) is 15.9 Å². The number of rotatable bonds is 5. The quantitative estimate of drug-likeness (QED) is 0.834. The maximum absolute atomic E-state index is 5.58. The lowest BCUT2D eigenvalue weighted by atomic mass is 9.70. The summed E-state index contributed by atoms with van der Waals surface area (Å²) in [4.78, 5) is 5.34. The molecule has 0 N–H and O–H groups in total. The number of piperidine rings is 1. The molecule has 4 heteroatoms. The molecule has 0 radical (unpaired) electrons. The van der Waals surface area contributed by atoms with Crippen molar-refractivity contribution in [3.8, 4) is 0 Å². The van der Waals surface area contributed by atoms with Gasteiger partial charge in [-0.15, -0.1) is 0 Å². The van der Waals surface area contributed by atoms with E-state index in [9.17, 15) is 0 Å². The minimum absolute atomic E-state index is 0.461. The fraction of sp³-hybridized carbons (Fsp3) is 0.789. The summed E-state index contributed by atoms with van der Waals surface area (Å²) >= 11 is 0. The van der Waals surface area contributed by atoms with Crippen molar-refractivity contribution in [3.05, 3.63) is 24.2 Å². The van der Waals surface area contributed by atoms with Gasteiger partial charge in [-0.25, -0.2) is 0 Å². The molecule has 0 amide bonds. The minimum atomic E-state index is 0.461. The second kappa shape index (κ2) is 6.58. The lowest BCUT2D eigenvalue weighted by molar-refractivity contribution is 0.00811. The molecule has 2 saturated heterocycles. The zero-order chi connectivity index (χ0) is 15.7. The molecule has 2 aliphatic heterocycles. The van der Waals surface area contributed by atoms with E-state index in [1.54, 1.807) is 6.26 Å². The average Bonchev–Trinajstić information content (AvgIpc) is 3.10. The summed E-state index contributed by atoms with van der Waals surface area (Å²) in [6.07, 6.45) is 8.76. The average molecular weight is 318 g/mol. The molecule has 1 aliphatic carbocycles. The van der Waals surface area contributed by atoms with Crippen molar-refractivity contribution in [2.45, 2.75) is 44.7 Å². The fourth-order valence-electron chi connectivity index (χ4n) is 4.97. The largest absolute Gasteiger partial charge is 0.468 e. The summed E-state index contributed by atoms with van der Waals surface area (Å²) in [7, 11) is 1.85. The Balaban J connectivity index is 1.41. The van der Waals surface area contributed by atoms with Gasteiger partial charge in [-0.3, -0.25) is 4.90 Å². The highest BCUT2D eigenvalue weighted by Crippen LogP contribution is 2.46. The molecule has 1 saturated carbocycles. The van der Waals surface area contributed by atoms with Crippen LogP contribution in [0.3, 0.4) is 0 Å². The van der Waals surface area contributed by atoms with Crippen molar-refractivity contribution < 1.29 is 9.15 Å². The van der Waals surface area contributed by atoms with Crippen molar-refractivity contribution in [1.82, 2.24) is 9.80 Å². The highest BCUT2D eigenvalue weighted by molar-refractivity contribution is 5.04. The summed E-state index contributed by atoms with van der Waals surface area (Å²) in [5.41, 5.74) is 0.461. The van der Waals surface area contributed by atoms with Gasteiger partial charge in [0.05, 0.1) is 19.4 Å². The molecule has 0 aromatic carbocycles. The van der Waals surface area contributed by atoms with Crippen LogP contribution in [0.2, 0.25) is 0 Å². The highest BCUT2D eigenvalue weighted by Gasteiger charge is 2.48. The number of methoxy groups -OCH3 is 1. The first-order chi connectivity index (χ1) is 11.3. The Hall–Kier alpha value is -0.840. The van der Waals surface area contributed by atoms with Crippen LogP contribution in [0.1, 0.15) is 37.9 Å². The normalized spacial score (nSPS) is 29.2. The molecule has 1 aromatic rings. The Labute approximate surface area is 139 Å². The summed E-state index contributed by atoms with van der Waals surface area (Å²) in [6, 6.07) is 4.98. The molecular formula is C19H30N2O2. The first kappa shape index (κ1) is 15.7. The lowest BCUT2D eigenvalue weighted by Crippen LogP contribution is -2.50. The van der Waals surface area contributed by atoms with Crippen LogP contribution in [-0.2, 0) is 11.3 Å². The fourth-order valence-corrected chi connectivity index (χ4v) is 4.97. The minimum Gasteiger partial charge on any atom is -0.468 e. The molecule has 4 rings (SSSR count). The molecule has 1 atom stereocenters. The van der Waals surface area contributed by atoms with E-state index in [0.717, 1.165) is 31.5 Å². The summed E-state index contributed by atoms with van der Waals surface area (Å²) in [5, 5.41) is 0. The monoisotopic (exact) mass is 318 g/mol. The van der Waals surface area contributed by atoms with E-state index in [-0.39, 0.29) is 0 Å². The predicted molar refractivity (Wildman–Crippen MR) is 90.2 cm³/mol. The molecule has 3 aliphatic rings. The Kier molecular flexibility index (Phi) is 4.48. The highest BCUT2D eigenvalue weighted by atomic mass is 16.5. The summed E-state index contributed by atoms with van der Waals surface area (Å²) in [6.45, 7) is 6.79. The molecule has 0 bridgehead atoms. The Morgan fingerprint density at radius 3 is 2.74 bits per heavy atom. The van der Waals surface area contributed by atoms with Crippen molar-refractivity contribution in [2.75, 3.05) is 39.9 Å². The smallest absolute Gasteiger partial charge is 0.117 e. The Morgan fingerprint density at radius 1 is 1.30 bits per heavy atom. The van der Waals surface area contributed by atoms with Crippen LogP contribution >= 0.6 is 0 Å². The van der Waals surface area contributed by atoms with Gasteiger partial charge in [0.1, 0.15) is 5.76 Å². The zero-order valence-corrected chi connectivity index (χ0v) is 14.4. The number of hydrogen-bond acceptors (Lipinski definition) is 4. The molecular weight excluding hydrogens is 288 g/mol. The van der Waals surface area contributed by atoms with E-state index in [1.165, 1.54) is 51.7 Å². The van der Waals surface area contributed by atoms with Crippen LogP contribution in [0.15, 0.2) is 22.8 Å². The van der Waals surface area contributed by atoms with Crippen molar-refractivity contribution >= 4 is 0 Å². The zero-order valence-electron chi connectivity index (χ0n) is 14.4. The third kappa shape index (κ3) is 3.09. The maximum Gasteiger partial charge on any atom is 0.117 e. The van der Waals surface area contributed by atoms with E-state index >= 15 is 0 Å². The molecule has 3 heterocycles. The van der Waals surface area contributed by atoms with Gasteiger partial charge >= 0.3 is 0 Å². The van der Waals surface area contributed by atoms with Gasteiger partial charge in [-0.1, -0.05) is 6.42 Å². The van der Waals surface area contributed by atoms with E-state index < -0.39 is 0 Å². The van der Waals surface area contributed by atoms with Gasteiger partial charge in [0.2, 0.25) is 0 Å². The summed E-state index contributed by atoms with van der Waals surface area (Å²) in [5.74, 6) is 1.76. The van der Waals surface area contributed by atoms with Crippen molar-refractivity contribution in [2.24, 2.45) is 11.3 Å². The Bertz CT molecular complexity index is 489. The van der Waals surface area contributed by atoms with Gasteiger partial charge in [0.15, 0.2) is 0 Å². The first-order valence-electron chi connectivity index (χ1n) is 9.27. The molecule has 128 valence electrons. The van der Waals surface area contributed by atoms with Crippen LogP contribution in [0.25, 0.3) is 0 Å². The molecule has 4 nitrogen and oxygen atoms in total. The SMILES string of the molecule is COCC1CN(Cc2ccco2)CC12CCN(C1CCC1)CC2. The van der Waals surface area contributed by atoms with E-state index in [0.29, 0.717) is 11.3 Å². The molecule has 1 spiro atoms. The third-order valence-electron chi connectivity index (χ3n) is 6.60. The Morgan fingerprint density at radius 2 is 2.13 bits per heavy atom. The van der Waals surface area contributed by atoms with Gasteiger partial charge < -0.3 is 14.1 Å². The topological polar surface area (TPSA) is 28.9 Å². The van der Waals surface area contributed by atoms with Gasteiger partial charge in [0, 0.05) is 32.2 Å². The molecule has 1 aromatic heterocycles. The van der Waals surface area contributed by atoms with Gasteiger partial charge in [-0.2, -0.15) is 0 Å². The second-order valence-corrected chi connectivity index (χ2v) is 7.88. The molecule has 23 heavy (non-hydrogen) atoms. The number of hydrogen-bond donors (Lipinski definition) is 0. The van der Waals surface area contributed by atoms with Crippen LogP contribution < -0.4 is 0 Å². The number of likely N-dealkylation sites (tertiary alicyclic amines) is 2. The number of furan rings is 1. The van der Waals surface area contributed by atoms with Crippen LogP contribution in [-0.4, -0.2) is 55.7 Å². The van der Waals surface area contributed by atoms with Gasteiger partial charge in [0.25, 0.3) is 0 Å². The standard InChI is InChI=1S/C19H30N2O2/c1-22-14-16-12-20(13-18-6-3-11-23-18)15-19(16)7-9-21(10-8-19)17-4-2-5-17/h3,6,11,16-17H,2,4-5,7-10,12-15H2,1H3. The van der Waals surface area contributed by atoms with Crippen LogP contribution in [0.4, 0.5) is 0 Å². The van der Waals surface area contributed by atoms with Crippen LogP contribution in [0.5, 0.6) is 0 Å². The predicted octanol–water partition coefficient (Wildman–Crippen LogP) is 2.99. The molecule has 1 unspecified atom stereocenters. The second-order valence-electron chi connectivity index (χ2n) is 7.88. The van der Waals surface area contributed by atoms with E-state index in [1.807, 2.05) is 13.2 Å². The van der Waals surface area contributed by atoms with Gasteiger partial charge in [-0.05, 0) is 56.3 Å². The third-order valence-corrected chi connectivity index (χ3v) is 6.60. The molecule has 3 fully saturated rings. The summed E-state index contributed by atoms with van der Waals surface area (Å²) < 4.78 is 11.1. The van der Waals surface area contributed by atoms with Crippen molar-refractivity contribution in [1.29, 1.82) is 0 Å². The maximum atomic E-state index is 5.58. The lowest BCUT2D eigenvalue weighted by Gasteiger charge is -2.47. The number of nitrogens with zero attached hydrogens (tertiary/aromatic N) is 2. The number of ether oxygens (including phenoxy) is 1. The van der Waals surface area contributed by atoms with E-state index in [4.69, 9.17) is 9.15 Å². The van der Waals surface area contributed by atoms with Crippen molar-refractivity contribution in [3.63, 3.8) is 0 Å².